The predicted octanol–water partition coefficient (Wildman–Crippen LogP) is 5.19. The quantitative estimate of drug-likeness (QED) is 0.400. The molecule has 3 nitrogen and oxygen atoms in total. The molecule has 0 aliphatic rings. The molecule has 1 atom stereocenters. The Balaban J connectivity index is 2.67. The molecule has 2 rings (SSSR count). The average molecular weight is 407 g/mol. The molecule has 0 saturated heterocycles. The zero-order chi connectivity index (χ0) is 19.7. The standard InChI is InChI=1S/C17H15ClF4N2OS/c1-16(2,3)26(25)24-15(14-5-4-12(18)9-23-14)10-6-11(17(20,21)22)8-13(19)7-10/h4-9H,1-3H3. The van der Waals surface area contributed by atoms with Gasteiger partial charge in [0.2, 0.25) is 0 Å². The van der Waals surface area contributed by atoms with Crippen LogP contribution in [0.1, 0.15) is 37.6 Å². The third-order valence-electron chi connectivity index (χ3n) is 3.17. The second-order valence-electron chi connectivity index (χ2n) is 6.39. The molecule has 0 N–H and O–H groups in total. The number of hydrogen-bond donors (Lipinski definition) is 0. The molecule has 0 amide bonds. The molecule has 26 heavy (non-hydrogen) atoms. The maximum Gasteiger partial charge on any atom is 0.416 e. The Hall–Kier alpha value is -1.64. The van der Waals surface area contributed by atoms with Crippen molar-refractivity contribution >= 4 is 28.7 Å². The minimum atomic E-state index is -4.74. The molecule has 0 spiro atoms. The van der Waals surface area contributed by atoms with Crippen LogP contribution in [0.2, 0.25) is 5.02 Å². The van der Waals surface area contributed by atoms with Gasteiger partial charge >= 0.3 is 6.18 Å². The fourth-order valence-electron chi connectivity index (χ4n) is 1.87. The molecule has 0 aliphatic carbocycles. The van der Waals surface area contributed by atoms with E-state index in [2.05, 4.69) is 9.38 Å². The Morgan fingerprint density at radius 3 is 2.31 bits per heavy atom. The van der Waals surface area contributed by atoms with Gasteiger partial charge < -0.3 is 4.55 Å². The summed E-state index contributed by atoms with van der Waals surface area (Å²) in [4.78, 5) is 4.01. The number of alkyl halides is 3. The lowest BCUT2D eigenvalue weighted by Gasteiger charge is -2.19. The van der Waals surface area contributed by atoms with Crippen LogP contribution in [-0.2, 0) is 17.5 Å². The van der Waals surface area contributed by atoms with E-state index in [0.717, 1.165) is 12.1 Å². The molecule has 0 saturated carbocycles. The van der Waals surface area contributed by atoms with Crippen molar-refractivity contribution in [2.24, 2.45) is 4.40 Å². The summed E-state index contributed by atoms with van der Waals surface area (Å²) in [6.07, 6.45) is -3.46. The van der Waals surface area contributed by atoms with E-state index < -0.39 is 33.7 Å². The van der Waals surface area contributed by atoms with Crippen molar-refractivity contribution in [1.82, 2.24) is 4.98 Å². The number of nitrogens with zero attached hydrogens (tertiary/aromatic N) is 2. The van der Waals surface area contributed by atoms with Crippen molar-refractivity contribution in [2.45, 2.75) is 31.7 Å². The van der Waals surface area contributed by atoms with E-state index in [1.54, 1.807) is 20.8 Å². The summed E-state index contributed by atoms with van der Waals surface area (Å²) in [7, 11) is 0. The Morgan fingerprint density at radius 2 is 1.81 bits per heavy atom. The topological polar surface area (TPSA) is 48.3 Å². The zero-order valence-corrected chi connectivity index (χ0v) is 15.6. The molecule has 140 valence electrons. The van der Waals surface area contributed by atoms with Crippen molar-refractivity contribution in [3.63, 3.8) is 0 Å². The predicted molar refractivity (Wildman–Crippen MR) is 94.2 cm³/mol. The van der Waals surface area contributed by atoms with Gasteiger partial charge in [-0.25, -0.2) is 4.39 Å². The van der Waals surface area contributed by atoms with Gasteiger partial charge in [-0.05, 0) is 51.1 Å². The fraction of sp³-hybridized carbons (Fsp3) is 0.294. The van der Waals surface area contributed by atoms with Gasteiger partial charge in [0.15, 0.2) is 0 Å². The van der Waals surface area contributed by atoms with Crippen LogP contribution in [0.15, 0.2) is 40.9 Å². The van der Waals surface area contributed by atoms with E-state index in [9.17, 15) is 22.1 Å². The summed E-state index contributed by atoms with van der Waals surface area (Å²) in [5, 5.41) is 0.306. The molecule has 0 bridgehead atoms. The van der Waals surface area contributed by atoms with E-state index in [1.807, 2.05) is 0 Å². The highest BCUT2D eigenvalue weighted by Crippen LogP contribution is 2.31. The number of aromatic nitrogens is 1. The maximum atomic E-state index is 13.8. The van der Waals surface area contributed by atoms with Crippen LogP contribution in [0.5, 0.6) is 0 Å². The zero-order valence-electron chi connectivity index (χ0n) is 14.1. The monoisotopic (exact) mass is 406 g/mol. The average Bonchev–Trinajstić information content (AvgIpc) is 2.51. The Bertz CT molecular complexity index is 817. The van der Waals surface area contributed by atoms with Gasteiger partial charge in [0, 0.05) is 11.8 Å². The molecule has 0 aliphatic heterocycles. The van der Waals surface area contributed by atoms with Crippen molar-refractivity contribution in [1.29, 1.82) is 0 Å². The summed E-state index contributed by atoms with van der Waals surface area (Å²) in [5.74, 6) is -1.09. The summed E-state index contributed by atoms with van der Waals surface area (Å²) >= 11 is 3.98. The lowest BCUT2D eigenvalue weighted by atomic mass is 10.0. The first-order chi connectivity index (χ1) is 11.9. The van der Waals surface area contributed by atoms with Crippen LogP contribution in [0.3, 0.4) is 0 Å². The van der Waals surface area contributed by atoms with Crippen LogP contribution in [0.4, 0.5) is 17.6 Å². The Morgan fingerprint density at radius 1 is 1.15 bits per heavy atom. The molecule has 1 heterocycles. The van der Waals surface area contributed by atoms with Crippen LogP contribution < -0.4 is 0 Å². The number of halogens is 5. The molecule has 0 fully saturated rings. The number of benzene rings is 1. The minimum Gasteiger partial charge on any atom is -0.591 e. The first kappa shape index (κ1) is 20.7. The van der Waals surface area contributed by atoms with Crippen molar-refractivity contribution in [2.75, 3.05) is 0 Å². The van der Waals surface area contributed by atoms with Gasteiger partial charge in [-0.3, -0.25) is 4.98 Å². The van der Waals surface area contributed by atoms with Crippen molar-refractivity contribution in [3.05, 3.63) is 64.2 Å². The minimum absolute atomic E-state index is 0.111. The molecule has 9 heteroatoms. The van der Waals surface area contributed by atoms with Gasteiger partial charge in [0.1, 0.15) is 27.6 Å². The lowest BCUT2D eigenvalue weighted by Crippen LogP contribution is -2.27. The van der Waals surface area contributed by atoms with E-state index >= 15 is 0 Å². The Labute approximate surface area is 156 Å². The van der Waals surface area contributed by atoms with Crippen LogP contribution in [0.25, 0.3) is 0 Å². The summed E-state index contributed by atoms with van der Waals surface area (Å²) in [6, 6.07) is 4.90. The van der Waals surface area contributed by atoms with Gasteiger partial charge in [-0.1, -0.05) is 16.0 Å². The van der Waals surface area contributed by atoms with E-state index in [0.29, 0.717) is 11.1 Å². The lowest BCUT2D eigenvalue weighted by molar-refractivity contribution is -0.137. The largest absolute Gasteiger partial charge is 0.591 e. The third kappa shape index (κ3) is 5.18. The number of hydrogen-bond acceptors (Lipinski definition) is 3. The first-order valence-electron chi connectivity index (χ1n) is 7.39. The SMILES string of the molecule is CC(C)(C)[S+]([O-])N=C(c1cc(F)cc(C(F)(F)F)c1)c1ccc(Cl)cn1. The Kier molecular flexibility index (Phi) is 5.99. The highest BCUT2D eigenvalue weighted by Gasteiger charge is 2.33. The molecular weight excluding hydrogens is 392 g/mol. The van der Waals surface area contributed by atoms with Crippen molar-refractivity contribution < 1.29 is 22.1 Å². The fourth-order valence-corrected chi connectivity index (χ4v) is 2.62. The van der Waals surface area contributed by atoms with Gasteiger partial charge in [-0.15, -0.1) is 0 Å². The third-order valence-corrected chi connectivity index (χ3v) is 4.79. The van der Waals surface area contributed by atoms with E-state index in [1.165, 1.54) is 18.3 Å². The normalized spacial score (nSPS) is 14.4. The van der Waals surface area contributed by atoms with Crippen molar-refractivity contribution in [3.8, 4) is 0 Å². The highest BCUT2D eigenvalue weighted by atomic mass is 35.5. The second-order valence-corrected chi connectivity index (χ2v) is 8.73. The summed E-state index contributed by atoms with van der Waals surface area (Å²) < 4.78 is 68.5. The molecule has 0 radical (unpaired) electrons. The van der Waals surface area contributed by atoms with Gasteiger partial charge in [0.05, 0.1) is 16.3 Å². The van der Waals surface area contributed by atoms with Crippen LogP contribution >= 0.6 is 11.6 Å². The molecule has 1 aromatic heterocycles. The van der Waals surface area contributed by atoms with E-state index in [-0.39, 0.29) is 17.0 Å². The van der Waals surface area contributed by atoms with Gasteiger partial charge in [0.25, 0.3) is 0 Å². The van der Waals surface area contributed by atoms with E-state index in [4.69, 9.17) is 11.6 Å². The van der Waals surface area contributed by atoms with Gasteiger partial charge in [-0.2, -0.15) is 13.2 Å². The maximum absolute atomic E-state index is 13.8. The number of rotatable bonds is 3. The first-order valence-corrected chi connectivity index (χ1v) is 8.87. The number of pyridine rings is 1. The molecule has 2 aromatic rings. The molecule has 1 aromatic carbocycles. The molecule has 1 unspecified atom stereocenters. The summed E-state index contributed by atoms with van der Waals surface area (Å²) in [5.41, 5.74) is -1.33. The van der Waals surface area contributed by atoms with Crippen LogP contribution in [-0.4, -0.2) is 20.0 Å². The summed E-state index contributed by atoms with van der Waals surface area (Å²) in [6.45, 7) is 4.98. The molecular formula is C17H15ClF4N2OS. The second kappa shape index (κ2) is 7.54. The van der Waals surface area contributed by atoms with Crippen LogP contribution in [0, 0.1) is 5.82 Å². The highest BCUT2D eigenvalue weighted by molar-refractivity contribution is 7.91. The smallest absolute Gasteiger partial charge is 0.416 e.